The molecule has 1 aromatic heterocycles. The number of nitrogens with one attached hydrogen (secondary N) is 1. The third kappa shape index (κ3) is 4.71. The average Bonchev–Trinajstić information content (AvgIpc) is 2.62. The van der Waals surface area contributed by atoms with Gasteiger partial charge in [0.1, 0.15) is 5.15 Å². The van der Waals surface area contributed by atoms with Gasteiger partial charge in [-0.1, -0.05) is 36.2 Å². The molecule has 1 aliphatic rings. The molecule has 1 saturated heterocycles. The van der Waals surface area contributed by atoms with Crippen molar-refractivity contribution in [2.24, 2.45) is 0 Å². The molecule has 0 saturated carbocycles. The number of carbonyl (C=O) groups excluding carboxylic acids is 1. The summed E-state index contributed by atoms with van der Waals surface area (Å²) in [4.78, 5) is 19.4. The van der Waals surface area contributed by atoms with E-state index < -0.39 is 0 Å². The van der Waals surface area contributed by atoms with Gasteiger partial charge in [0, 0.05) is 18.0 Å². The minimum atomic E-state index is -0.0770. The number of unbranched alkanes of at least 4 members (excludes halogenated alkanes) is 1. The number of aromatic nitrogens is 1. The predicted octanol–water partition coefficient (Wildman–Crippen LogP) is 4.27. The van der Waals surface area contributed by atoms with E-state index in [2.05, 4.69) is 22.1 Å². The summed E-state index contributed by atoms with van der Waals surface area (Å²) in [5.41, 5.74) is 1.35. The average molecular weight is 360 g/mol. The van der Waals surface area contributed by atoms with Crippen LogP contribution in [0.5, 0.6) is 0 Å². The summed E-state index contributed by atoms with van der Waals surface area (Å²) >= 11 is 6.05. The Kier molecular flexibility index (Phi) is 6.27. The zero-order valence-corrected chi connectivity index (χ0v) is 15.6. The van der Waals surface area contributed by atoms with Crippen LogP contribution >= 0.6 is 11.6 Å². The normalized spacial score (nSPS) is 18.4. The lowest BCUT2D eigenvalue weighted by Crippen LogP contribution is -2.38. The second-order valence-corrected chi connectivity index (χ2v) is 7.24. The molecule has 3 rings (SSSR count). The van der Waals surface area contributed by atoms with E-state index in [1.807, 2.05) is 24.3 Å². The van der Waals surface area contributed by atoms with Gasteiger partial charge in [-0.25, -0.2) is 4.98 Å². The van der Waals surface area contributed by atoms with Gasteiger partial charge in [0.2, 0.25) is 0 Å². The number of halogens is 1. The minimum Gasteiger partial charge on any atom is -0.352 e. The number of benzene rings is 1. The molecule has 2 heterocycles. The molecule has 1 N–H and O–H groups in total. The Morgan fingerprint density at radius 3 is 3.00 bits per heavy atom. The number of carbonyl (C=O) groups is 1. The van der Waals surface area contributed by atoms with Gasteiger partial charge in [-0.3, -0.25) is 4.79 Å². The maximum absolute atomic E-state index is 12.5. The highest BCUT2D eigenvalue weighted by Gasteiger charge is 2.17. The van der Waals surface area contributed by atoms with Gasteiger partial charge in [-0.2, -0.15) is 0 Å². The topological polar surface area (TPSA) is 45.2 Å². The lowest BCUT2D eigenvalue weighted by atomic mass is 10.0. The van der Waals surface area contributed by atoms with Gasteiger partial charge >= 0.3 is 0 Å². The molecule has 134 valence electrons. The zero-order valence-electron chi connectivity index (χ0n) is 14.8. The van der Waals surface area contributed by atoms with E-state index in [4.69, 9.17) is 11.6 Å². The number of hydrogen-bond donors (Lipinski definition) is 1. The maximum Gasteiger partial charge on any atom is 0.252 e. The number of piperidine rings is 1. The van der Waals surface area contributed by atoms with Crippen molar-refractivity contribution >= 4 is 28.4 Å². The fourth-order valence-electron chi connectivity index (χ4n) is 3.56. The highest BCUT2D eigenvalue weighted by molar-refractivity contribution is 6.30. The SMILES string of the molecule is CC1CCCCN1CCCCNC(=O)c1cc(Cl)nc2ccccc12. The molecule has 1 aromatic carbocycles. The largest absolute Gasteiger partial charge is 0.352 e. The highest BCUT2D eigenvalue weighted by atomic mass is 35.5. The first-order chi connectivity index (χ1) is 12.1. The van der Waals surface area contributed by atoms with Crippen LogP contribution in [0.25, 0.3) is 10.9 Å². The van der Waals surface area contributed by atoms with E-state index in [0.717, 1.165) is 30.3 Å². The molecule has 1 amide bonds. The van der Waals surface area contributed by atoms with Gasteiger partial charge < -0.3 is 10.2 Å². The molecule has 5 heteroatoms. The van der Waals surface area contributed by atoms with Crippen LogP contribution in [0, 0.1) is 0 Å². The van der Waals surface area contributed by atoms with Gasteiger partial charge in [-0.15, -0.1) is 0 Å². The number of hydrogen-bond acceptors (Lipinski definition) is 3. The Bertz CT molecular complexity index is 734. The lowest BCUT2D eigenvalue weighted by Gasteiger charge is -2.33. The molecular weight excluding hydrogens is 334 g/mol. The van der Waals surface area contributed by atoms with Crippen LogP contribution in [0.15, 0.2) is 30.3 Å². The Morgan fingerprint density at radius 1 is 1.32 bits per heavy atom. The molecule has 1 fully saturated rings. The number of nitrogens with zero attached hydrogens (tertiary/aromatic N) is 2. The standard InChI is InChI=1S/C20H26ClN3O/c1-15-8-4-6-12-24(15)13-7-5-11-22-20(25)17-14-19(21)23-18-10-3-2-9-16(17)18/h2-3,9-10,14-15H,4-8,11-13H2,1H3,(H,22,25). The fourth-order valence-corrected chi connectivity index (χ4v) is 3.76. The molecule has 1 atom stereocenters. The van der Waals surface area contributed by atoms with Crippen LogP contribution in [-0.2, 0) is 0 Å². The Labute approximate surface area is 154 Å². The smallest absolute Gasteiger partial charge is 0.252 e. The van der Waals surface area contributed by atoms with Crippen LogP contribution in [0.2, 0.25) is 5.15 Å². The molecule has 25 heavy (non-hydrogen) atoms. The van der Waals surface area contributed by atoms with Crippen molar-refractivity contribution in [2.75, 3.05) is 19.6 Å². The van der Waals surface area contributed by atoms with E-state index in [-0.39, 0.29) is 5.91 Å². The van der Waals surface area contributed by atoms with E-state index in [1.54, 1.807) is 6.07 Å². The number of fused-ring (bicyclic) bond motifs is 1. The van der Waals surface area contributed by atoms with E-state index in [9.17, 15) is 4.79 Å². The van der Waals surface area contributed by atoms with Gasteiger partial charge in [0.05, 0.1) is 11.1 Å². The highest BCUT2D eigenvalue weighted by Crippen LogP contribution is 2.21. The van der Waals surface area contributed by atoms with Crippen molar-refractivity contribution < 1.29 is 4.79 Å². The molecule has 1 aliphatic heterocycles. The second kappa shape index (κ2) is 8.63. The molecule has 0 aliphatic carbocycles. The van der Waals surface area contributed by atoms with Crippen molar-refractivity contribution in [3.63, 3.8) is 0 Å². The van der Waals surface area contributed by atoms with Gasteiger partial charge in [-0.05, 0) is 57.8 Å². The maximum atomic E-state index is 12.5. The molecule has 0 spiro atoms. The molecule has 4 nitrogen and oxygen atoms in total. The summed E-state index contributed by atoms with van der Waals surface area (Å²) in [5, 5.41) is 4.21. The van der Waals surface area contributed by atoms with Crippen molar-refractivity contribution in [2.45, 2.75) is 45.1 Å². The van der Waals surface area contributed by atoms with Crippen LogP contribution < -0.4 is 5.32 Å². The lowest BCUT2D eigenvalue weighted by molar-refractivity contribution is 0.0953. The summed E-state index contributed by atoms with van der Waals surface area (Å²) in [6, 6.07) is 9.94. The Morgan fingerprint density at radius 2 is 2.16 bits per heavy atom. The monoisotopic (exact) mass is 359 g/mol. The summed E-state index contributed by atoms with van der Waals surface area (Å²) in [6.45, 7) is 5.35. The van der Waals surface area contributed by atoms with E-state index in [0.29, 0.717) is 23.3 Å². The van der Waals surface area contributed by atoms with E-state index in [1.165, 1.54) is 25.8 Å². The van der Waals surface area contributed by atoms with E-state index >= 15 is 0 Å². The zero-order chi connectivity index (χ0) is 17.6. The summed E-state index contributed by atoms with van der Waals surface area (Å²) < 4.78 is 0. The number of para-hydroxylation sites is 1. The van der Waals surface area contributed by atoms with Crippen LogP contribution in [-0.4, -0.2) is 41.5 Å². The molecular formula is C20H26ClN3O. The number of pyridine rings is 1. The third-order valence-electron chi connectivity index (χ3n) is 5.03. The first-order valence-corrected chi connectivity index (χ1v) is 9.60. The molecule has 0 radical (unpaired) electrons. The minimum absolute atomic E-state index is 0.0770. The molecule has 1 unspecified atom stereocenters. The molecule has 0 bridgehead atoms. The number of rotatable bonds is 6. The van der Waals surface area contributed by atoms with Crippen molar-refractivity contribution in [1.29, 1.82) is 0 Å². The van der Waals surface area contributed by atoms with Crippen LogP contribution in [0.4, 0.5) is 0 Å². The number of amides is 1. The van der Waals surface area contributed by atoms with Crippen molar-refractivity contribution in [1.82, 2.24) is 15.2 Å². The fraction of sp³-hybridized carbons (Fsp3) is 0.500. The van der Waals surface area contributed by atoms with Crippen molar-refractivity contribution in [3.05, 3.63) is 41.0 Å². The Balaban J connectivity index is 1.50. The van der Waals surface area contributed by atoms with Gasteiger partial charge in [0.25, 0.3) is 5.91 Å². The molecule has 2 aromatic rings. The van der Waals surface area contributed by atoms with Crippen LogP contribution in [0.1, 0.15) is 49.4 Å². The quantitative estimate of drug-likeness (QED) is 0.618. The Hall–Kier alpha value is -1.65. The summed E-state index contributed by atoms with van der Waals surface area (Å²) in [6.07, 6.45) is 6.09. The van der Waals surface area contributed by atoms with Crippen LogP contribution in [0.3, 0.4) is 0 Å². The predicted molar refractivity (Wildman–Crippen MR) is 103 cm³/mol. The first-order valence-electron chi connectivity index (χ1n) is 9.22. The van der Waals surface area contributed by atoms with Crippen molar-refractivity contribution in [3.8, 4) is 0 Å². The number of likely N-dealkylation sites (tertiary alicyclic amines) is 1. The summed E-state index contributed by atoms with van der Waals surface area (Å²) in [7, 11) is 0. The summed E-state index contributed by atoms with van der Waals surface area (Å²) in [5.74, 6) is -0.0770. The second-order valence-electron chi connectivity index (χ2n) is 6.85. The third-order valence-corrected chi connectivity index (χ3v) is 5.22. The van der Waals surface area contributed by atoms with Gasteiger partial charge in [0.15, 0.2) is 0 Å². The first kappa shape index (κ1) is 18.2.